The molecule has 0 radical (unpaired) electrons. The van der Waals surface area contributed by atoms with Crippen molar-refractivity contribution < 1.29 is 19.1 Å². The predicted molar refractivity (Wildman–Crippen MR) is 93.0 cm³/mol. The Balaban J connectivity index is 1.79. The molecular weight excluding hydrogens is 377 g/mol. The van der Waals surface area contributed by atoms with E-state index in [1.54, 1.807) is 42.5 Å². The van der Waals surface area contributed by atoms with E-state index < -0.39 is 18.5 Å². The highest BCUT2D eigenvalue weighted by Gasteiger charge is 2.12. The van der Waals surface area contributed by atoms with E-state index >= 15 is 0 Å². The smallest absolute Gasteiger partial charge is 0.344 e. The van der Waals surface area contributed by atoms with Crippen molar-refractivity contribution in [2.75, 3.05) is 18.5 Å². The van der Waals surface area contributed by atoms with Crippen LogP contribution in [0.1, 0.15) is 0 Å². The van der Waals surface area contributed by atoms with Crippen LogP contribution in [-0.4, -0.2) is 25.1 Å². The second-order valence-electron chi connectivity index (χ2n) is 4.52. The van der Waals surface area contributed by atoms with E-state index in [9.17, 15) is 9.59 Å². The number of nitrogens with one attached hydrogen (secondary N) is 1. The first-order valence-corrected chi connectivity index (χ1v) is 7.87. The zero-order valence-corrected chi connectivity index (χ0v) is 14.5. The lowest BCUT2D eigenvalue weighted by Crippen LogP contribution is -2.24. The molecule has 0 aliphatic heterocycles. The van der Waals surface area contributed by atoms with Crippen molar-refractivity contribution in [1.29, 1.82) is 0 Å². The van der Waals surface area contributed by atoms with Crippen LogP contribution >= 0.6 is 34.8 Å². The molecule has 0 atom stereocenters. The van der Waals surface area contributed by atoms with E-state index in [1.807, 2.05) is 0 Å². The maximum Gasteiger partial charge on any atom is 0.344 e. The molecule has 0 saturated carbocycles. The lowest BCUT2D eigenvalue weighted by molar-refractivity contribution is -0.149. The van der Waals surface area contributed by atoms with E-state index in [-0.39, 0.29) is 22.3 Å². The molecule has 2 aromatic carbocycles. The molecule has 0 spiro atoms. The Hall–Kier alpha value is -1.95. The molecule has 0 bridgehead atoms. The van der Waals surface area contributed by atoms with Crippen molar-refractivity contribution in [1.82, 2.24) is 0 Å². The average molecular weight is 389 g/mol. The number of rotatable bonds is 6. The molecule has 0 aromatic heterocycles. The Bertz CT molecular complexity index is 732. The standard InChI is InChI=1S/C16H12Cl3NO4/c17-10-4-1-2-7-13(10)23-9-15(22)24-8-14(21)20-16-11(18)5-3-6-12(16)19/h1-7H,8-9H2,(H,20,21). The van der Waals surface area contributed by atoms with Crippen LogP contribution in [0.4, 0.5) is 5.69 Å². The van der Waals surface area contributed by atoms with Crippen LogP contribution in [0.15, 0.2) is 42.5 Å². The fourth-order valence-electron chi connectivity index (χ4n) is 1.68. The molecule has 0 aliphatic rings. The summed E-state index contributed by atoms with van der Waals surface area (Å²) in [6.07, 6.45) is 0. The van der Waals surface area contributed by atoms with E-state index in [1.165, 1.54) is 0 Å². The van der Waals surface area contributed by atoms with Gasteiger partial charge in [0, 0.05) is 0 Å². The van der Waals surface area contributed by atoms with Crippen molar-refractivity contribution in [3.8, 4) is 5.75 Å². The van der Waals surface area contributed by atoms with E-state index in [0.717, 1.165) is 0 Å². The Labute approximate surface area is 153 Å². The fraction of sp³-hybridized carbons (Fsp3) is 0.125. The molecule has 0 heterocycles. The number of esters is 1. The molecule has 0 saturated heterocycles. The van der Waals surface area contributed by atoms with Crippen molar-refractivity contribution in [3.05, 3.63) is 57.5 Å². The second kappa shape index (κ2) is 8.78. The highest BCUT2D eigenvalue weighted by atomic mass is 35.5. The molecule has 0 aliphatic carbocycles. The molecule has 1 amide bonds. The van der Waals surface area contributed by atoms with Crippen molar-refractivity contribution in [2.24, 2.45) is 0 Å². The second-order valence-corrected chi connectivity index (χ2v) is 5.75. The van der Waals surface area contributed by atoms with Gasteiger partial charge in [-0.1, -0.05) is 53.0 Å². The van der Waals surface area contributed by atoms with Gasteiger partial charge < -0.3 is 14.8 Å². The minimum absolute atomic E-state index is 0.259. The van der Waals surface area contributed by atoms with Gasteiger partial charge in [0.25, 0.3) is 5.91 Å². The summed E-state index contributed by atoms with van der Waals surface area (Å²) in [4.78, 5) is 23.4. The summed E-state index contributed by atoms with van der Waals surface area (Å²) in [5.41, 5.74) is 0.259. The fourth-order valence-corrected chi connectivity index (χ4v) is 2.36. The lowest BCUT2D eigenvalue weighted by atomic mass is 10.3. The van der Waals surface area contributed by atoms with Gasteiger partial charge in [-0.05, 0) is 24.3 Å². The van der Waals surface area contributed by atoms with E-state index in [4.69, 9.17) is 44.3 Å². The molecule has 8 heteroatoms. The number of halogens is 3. The third-order valence-electron chi connectivity index (χ3n) is 2.77. The lowest BCUT2D eigenvalue weighted by Gasteiger charge is -2.10. The quantitative estimate of drug-likeness (QED) is 0.753. The van der Waals surface area contributed by atoms with Crippen LogP contribution in [0.3, 0.4) is 0 Å². The largest absolute Gasteiger partial charge is 0.480 e. The summed E-state index contributed by atoms with van der Waals surface area (Å²) in [5.74, 6) is -0.935. The van der Waals surface area contributed by atoms with Crippen LogP contribution in [0, 0.1) is 0 Å². The van der Waals surface area contributed by atoms with Crippen LogP contribution in [0.2, 0.25) is 15.1 Å². The summed E-state index contributed by atoms with van der Waals surface area (Å²) >= 11 is 17.7. The normalized spacial score (nSPS) is 10.1. The van der Waals surface area contributed by atoms with Gasteiger partial charge in [-0.2, -0.15) is 0 Å². The maximum absolute atomic E-state index is 11.8. The van der Waals surface area contributed by atoms with Gasteiger partial charge in [-0.15, -0.1) is 0 Å². The van der Waals surface area contributed by atoms with Crippen LogP contribution in [0.25, 0.3) is 0 Å². The number of para-hydroxylation sites is 2. The summed E-state index contributed by atoms with van der Waals surface area (Å²) in [7, 11) is 0. The Morgan fingerprint density at radius 1 is 0.875 bits per heavy atom. The SMILES string of the molecule is O=C(COC(=O)COc1ccccc1Cl)Nc1c(Cl)cccc1Cl. The van der Waals surface area contributed by atoms with Crippen LogP contribution < -0.4 is 10.1 Å². The monoisotopic (exact) mass is 387 g/mol. The molecular formula is C16H12Cl3NO4. The minimum Gasteiger partial charge on any atom is -0.480 e. The zero-order valence-electron chi connectivity index (χ0n) is 12.2. The van der Waals surface area contributed by atoms with Crippen molar-refractivity contribution >= 4 is 52.4 Å². The van der Waals surface area contributed by atoms with Crippen LogP contribution in [0.5, 0.6) is 5.75 Å². The Morgan fingerprint density at radius 3 is 2.17 bits per heavy atom. The highest BCUT2D eigenvalue weighted by Crippen LogP contribution is 2.29. The van der Waals surface area contributed by atoms with Gasteiger partial charge in [0.1, 0.15) is 5.75 Å². The third kappa shape index (κ3) is 5.30. The topological polar surface area (TPSA) is 64.6 Å². The zero-order chi connectivity index (χ0) is 17.5. The molecule has 1 N–H and O–H groups in total. The first-order chi connectivity index (χ1) is 11.5. The number of carbonyl (C=O) groups excluding carboxylic acids is 2. The van der Waals surface area contributed by atoms with Gasteiger partial charge in [-0.3, -0.25) is 4.79 Å². The molecule has 0 unspecified atom stereocenters. The van der Waals surface area contributed by atoms with Crippen molar-refractivity contribution in [3.63, 3.8) is 0 Å². The van der Waals surface area contributed by atoms with Crippen molar-refractivity contribution in [2.45, 2.75) is 0 Å². The number of carbonyl (C=O) groups is 2. The minimum atomic E-state index is -0.713. The molecule has 2 aromatic rings. The first kappa shape index (κ1) is 18.4. The van der Waals surface area contributed by atoms with Crippen LogP contribution in [-0.2, 0) is 14.3 Å². The summed E-state index contributed by atoms with van der Waals surface area (Å²) in [5, 5.41) is 3.41. The van der Waals surface area contributed by atoms with Gasteiger partial charge in [0.2, 0.25) is 0 Å². The van der Waals surface area contributed by atoms with Gasteiger partial charge in [-0.25, -0.2) is 4.79 Å². The number of hydrogen-bond donors (Lipinski definition) is 1. The average Bonchev–Trinajstić information content (AvgIpc) is 2.56. The number of benzene rings is 2. The van der Waals surface area contributed by atoms with E-state index in [0.29, 0.717) is 10.8 Å². The molecule has 5 nitrogen and oxygen atoms in total. The molecule has 24 heavy (non-hydrogen) atoms. The molecule has 2 rings (SSSR count). The van der Waals surface area contributed by atoms with Gasteiger partial charge in [0.15, 0.2) is 13.2 Å². The van der Waals surface area contributed by atoms with E-state index in [2.05, 4.69) is 5.32 Å². The number of anilines is 1. The molecule has 126 valence electrons. The first-order valence-electron chi connectivity index (χ1n) is 6.74. The summed E-state index contributed by atoms with van der Waals surface area (Å²) in [6.45, 7) is -0.865. The summed E-state index contributed by atoms with van der Waals surface area (Å²) in [6, 6.07) is 11.5. The number of amides is 1. The Kier molecular flexibility index (Phi) is 6.73. The van der Waals surface area contributed by atoms with Gasteiger partial charge >= 0.3 is 5.97 Å². The Morgan fingerprint density at radius 2 is 1.50 bits per heavy atom. The number of ether oxygens (including phenoxy) is 2. The third-order valence-corrected chi connectivity index (χ3v) is 3.72. The maximum atomic E-state index is 11.8. The highest BCUT2D eigenvalue weighted by molar-refractivity contribution is 6.39. The van der Waals surface area contributed by atoms with Gasteiger partial charge in [0.05, 0.1) is 20.8 Å². The number of hydrogen-bond acceptors (Lipinski definition) is 4. The molecule has 0 fully saturated rings. The predicted octanol–water partition coefficient (Wildman–Crippen LogP) is 4.21. The summed E-state index contributed by atoms with van der Waals surface area (Å²) < 4.78 is 10.0.